The molecule has 0 atom stereocenters. The Morgan fingerprint density at radius 3 is 2.26 bits per heavy atom. The zero-order valence-electron chi connectivity index (χ0n) is 16.7. The molecule has 0 radical (unpaired) electrons. The highest BCUT2D eigenvalue weighted by molar-refractivity contribution is 9.10. The molecular weight excluding hydrogens is 464 g/mol. The lowest BCUT2D eigenvalue weighted by Gasteiger charge is -2.10. The highest BCUT2D eigenvalue weighted by Gasteiger charge is 2.15. The summed E-state index contributed by atoms with van der Waals surface area (Å²) in [6, 6.07) is 14.9. The van der Waals surface area contributed by atoms with Crippen molar-refractivity contribution in [3.63, 3.8) is 0 Å². The van der Waals surface area contributed by atoms with Gasteiger partial charge in [-0.2, -0.15) is 0 Å². The quantitative estimate of drug-likeness (QED) is 0.478. The van der Waals surface area contributed by atoms with Gasteiger partial charge < -0.3 is 20.7 Å². The number of halogens is 1. The SMILES string of the molecule is CNC(=O)c1cc(Oc2cccc(NC(=O)C(=O)Nc3ccc(C)c(Br)c3)c2)ccn1. The molecule has 2 aromatic carbocycles. The van der Waals surface area contributed by atoms with Gasteiger partial charge in [0.25, 0.3) is 5.91 Å². The van der Waals surface area contributed by atoms with Crippen LogP contribution in [0.25, 0.3) is 0 Å². The first-order chi connectivity index (χ1) is 14.9. The molecule has 0 bridgehead atoms. The highest BCUT2D eigenvalue weighted by Crippen LogP contribution is 2.25. The van der Waals surface area contributed by atoms with Crippen LogP contribution in [0.1, 0.15) is 16.1 Å². The number of hydrogen-bond donors (Lipinski definition) is 3. The number of carbonyl (C=O) groups is 3. The lowest BCUT2D eigenvalue weighted by atomic mass is 10.2. The summed E-state index contributed by atoms with van der Waals surface area (Å²) in [4.78, 5) is 40.1. The second kappa shape index (κ2) is 9.86. The minimum absolute atomic E-state index is 0.212. The van der Waals surface area contributed by atoms with E-state index < -0.39 is 11.8 Å². The number of aromatic nitrogens is 1. The molecule has 0 unspecified atom stereocenters. The molecule has 0 spiro atoms. The standard InChI is InChI=1S/C22H19BrN4O4/c1-13-6-7-15(11-18(13)23)27-22(30)21(29)26-14-4-3-5-16(10-14)31-17-8-9-25-19(12-17)20(28)24-2/h3-12H,1-2H3,(H,24,28)(H,26,29)(H,27,30). The molecule has 9 heteroatoms. The second-order valence-electron chi connectivity index (χ2n) is 6.46. The van der Waals surface area contributed by atoms with Crippen molar-refractivity contribution in [3.8, 4) is 11.5 Å². The van der Waals surface area contributed by atoms with Gasteiger partial charge in [-0.15, -0.1) is 0 Å². The molecule has 8 nitrogen and oxygen atoms in total. The maximum atomic E-state index is 12.3. The topological polar surface area (TPSA) is 109 Å². The van der Waals surface area contributed by atoms with Gasteiger partial charge in [0.05, 0.1) is 0 Å². The van der Waals surface area contributed by atoms with Crippen molar-refractivity contribution in [2.75, 3.05) is 17.7 Å². The molecule has 3 amide bonds. The molecule has 0 saturated carbocycles. The van der Waals surface area contributed by atoms with Gasteiger partial charge in [0.2, 0.25) is 0 Å². The smallest absolute Gasteiger partial charge is 0.314 e. The zero-order chi connectivity index (χ0) is 22.4. The van der Waals surface area contributed by atoms with Gasteiger partial charge in [0.15, 0.2) is 0 Å². The number of pyridine rings is 1. The van der Waals surface area contributed by atoms with Crippen molar-refractivity contribution in [1.29, 1.82) is 0 Å². The number of nitrogens with zero attached hydrogens (tertiary/aromatic N) is 1. The molecule has 3 N–H and O–H groups in total. The van der Waals surface area contributed by atoms with Crippen molar-refractivity contribution in [2.45, 2.75) is 6.92 Å². The van der Waals surface area contributed by atoms with Crippen LogP contribution in [0.5, 0.6) is 11.5 Å². The van der Waals surface area contributed by atoms with E-state index in [-0.39, 0.29) is 11.6 Å². The van der Waals surface area contributed by atoms with E-state index in [0.29, 0.717) is 22.9 Å². The summed E-state index contributed by atoms with van der Waals surface area (Å²) >= 11 is 3.39. The molecule has 1 heterocycles. The maximum Gasteiger partial charge on any atom is 0.314 e. The Labute approximate surface area is 187 Å². The van der Waals surface area contributed by atoms with Gasteiger partial charge in [-0.3, -0.25) is 19.4 Å². The van der Waals surface area contributed by atoms with Crippen LogP contribution in [0.2, 0.25) is 0 Å². The van der Waals surface area contributed by atoms with Gasteiger partial charge in [0.1, 0.15) is 17.2 Å². The second-order valence-corrected chi connectivity index (χ2v) is 7.31. The molecule has 3 rings (SSSR count). The van der Waals surface area contributed by atoms with Crippen molar-refractivity contribution in [1.82, 2.24) is 10.3 Å². The number of nitrogens with one attached hydrogen (secondary N) is 3. The number of anilines is 2. The average molecular weight is 483 g/mol. The lowest BCUT2D eigenvalue weighted by Crippen LogP contribution is -2.29. The number of rotatable bonds is 5. The predicted octanol–water partition coefficient (Wildman–Crippen LogP) is 3.88. The third-order valence-corrected chi connectivity index (χ3v) is 5.01. The summed E-state index contributed by atoms with van der Waals surface area (Å²) in [5.74, 6) is -1.14. The van der Waals surface area contributed by atoms with E-state index in [0.717, 1.165) is 10.0 Å². The number of amides is 3. The van der Waals surface area contributed by atoms with Crippen molar-refractivity contribution >= 4 is 45.0 Å². The molecule has 1 aromatic heterocycles. The minimum Gasteiger partial charge on any atom is -0.457 e. The fraction of sp³-hybridized carbons (Fsp3) is 0.0909. The van der Waals surface area contributed by atoms with Gasteiger partial charge in [0, 0.05) is 41.2 Å². The number of hydrogen-bond acceptors (Lipinski definition) is 5. The fourth-order valence-electron chi connectivity index (χ4n) is 2.55. The van der Waals surface area contributed by atoms with Crippen LogP contribution >= 0.6 is 15.9 Å². The number of ether oxygens (including phenoxy) is 1. The molecule has 0 aliphatic rings. The van der Waals surface area contributed by atoms with E-state index in [1.54, 1.807) is 42.5 Å². The number of benzene rings is 2. The summed E-state index contributed by atoms with van der Waals surface area (Å²) in [6.45, 7) is 1.92. The van der Waals surface area contributed by atoms with Crippen LogP contribution in [-0.2, 0) is 9.59 Å². The number of carbonyl (C=O) groups excluding carboxylic acids is 3. The summed E-state index contributed by atoms with van der Waals surface area (Å²) in [5, 5.41) is 7.58. The van der Waals surface area contributed by atoms with Crippen LogP contribution in [0.4, 0.5) is 11.4 Å². The molecule has 0 fully saturated rings. The Morgan fingerprint density at radius 2 is 1.58 bits per heavy atom. The fourth-order valence-corrected chi connectivity index (χ4v) is 2.93. The predicted molar refractivity (Wildman–Crippen MR) is 120 cm³/mol. The minimum atomic E-state index is -0.820. The molecule has 158 valence electrons. The molecule has 0 aliphatic heterocycles. The van der Waals surface area contributed by atoms with Gasteiger partial charge in [-0.1, -0.05) is 28.1 Å². The van der Waals surface area contributed by atoms with Crippen molar-refractivity contribution in [2.24, 2.45) is 0 Å². The average Bonchev–Trinajstić information content (AvgIpc) is 2.76. The molecule has 0 saturated heterocycles. The lowest BCUT2D eigenvalue weighted by molar-refractivity contribution is -0.132. The van der Waals surface area contributed by atoms with E-state index in [2.05, 4.69) is 36.9 Å². The van der Waals surface area contributed by atoms with Crippen LogP contribution in [0, 0.1) is 6.92 Å². The summed E-state index contributed by atoms with van der Waals surface area (Å²) in [7, 11) is 1.51. The summed E-state index contributed by atoms with van der Waals surface area (Å²) < 4.78 is 6.56. The maximum absolute atomic E-state index is 12.3. The first-order valence-corrected chi connectivity index (χ1v) is 9.99. The molecular formula is C22H19BrN4O4. The van der Waals surface area contributed by atoms with Crippen LogP contribution in [0.15, 0.2) is 65.3 Å². The van der Waals surface area contributed by atoms with E-state index in [9.17, 15) is 14.4 Å². The van der Waals surface area contributed by atoms with Gasteiger partial charge >= 0.3 is 11.8 Å². The Balaban J connectivity index is 1.66. The van der Waals surface area contributed by atoms with Crippen molar-refractivity contribution < 1.29 is 19.1 Å². The Morgan fingerprint density at radius 1 is 0.903 bits per heavy atom. The highest BCUT2D eigenvalue weighted by atomic mass is 79.9. The number of aryl methyl sites for hydroxylation is 1. The van der Waals surface area contributed by atoms with E-state index in [1.165, 1.54) is 19.3 Å². The van der Waals surface area contributed by atoms with Crippen LogP contribution in [-0.4, -0.2) is 29.8 Å². The summed E-state index contributed by atoms with van der Waals surface area (Å²) in [5.41, 5.74) is 2.10. The Kier molecular flexibility index (Phi) is 6.99. The Bertz CT molecular complexity index is 1150. The van der Waals surface area contributed by atoms with Crippen molar-refractivity contribution in [3.05, 3.63) is 76.5 Å². The molecule has 0 aliphatic carbocycles. The zero-order valence-corrected chi connectivity index (χ0v) is 18.3. The molecule has 31 heavy (non-hydrogen) atoms. The largest absolute Gasteiger partial charge is 0.457 e. The first-order valence-electron chi connectivity index (χ1n) is 9.20. The monoisotopic (exact) mass is 482 g/mol. The summed E-state index contributed by atoms with van der Waals surface area (Å²) in [6.07, 6.45) is 1.46. The van der Waals surface area contributed by atoms with Crippen LogP contribution in [0.3, 0.4) is 0 Å². The Hall–Kier alpha value is -3.72. The van der Waals surface area contributed by atoms with Gasteiger partial charge in [-0.25, -0.2) is 0 Å². The third kappa shape index (κ3) is 5.89. The van der Waals surface area contributed by atoms with E-state index in [4.69, 9.17) is 4.74 Å². The normalized spacial score (nSPS) is 10.2. The van der Waals surface area contributed by atoms with Gasteiger partial charge in [-0.05, 0) is 42.8 Å². The van der Waals surface area contributed by atoms with E-state index >= 15 is 0 Å². The molecule has 3 aromatic rings. The third-order valence-electron chi connectivity index (χ3n) is 4.15. The van der Waals surface area contributed by atoms with Crippen LogP contribution < -0.4 is 20.7 Å². The first kappa shape index (κ1) is 22.0. The van der Waals surface area contributed by atoms with E-state index in [1.807, 2.05) is 13.0 Å².